The van der Waals surface area contributed by atoms with Crippen molar-refractivity contribution in [1.29, 1.82) is 0 Å². The highest BCUT2D eigenvalue weighted by atomic mass is 32.2. The van der Waals surface area contributed by atoms with Crippen LogP contribution in [0.5, 0.6) is 17.2 Å². The van der Waals surface area contributed by atoms with Crippen molar-refractivity contribution in [2.75, 3.05) is 19.7 Å². The number of carbonyl (C=O) groups is 2. The minimum Gasteiger partial charge on any atom is -0.480 e. The van der Waals surface area contributed by atoms with Gasteiger partial charge in [0.2, 0.25) is 0 Å². The Morgan fingerprint density at radius 1 is 0.787 bits per heavy atom. The molecule has 9 nitrogen and oxygen atoms in total. The zero-order chi connectivity index (χ0) is 33.4. The number of alkyl halides is 3. The first kappa shape index (κ1) is 31.9. The van der Waals surface area contributed by atoms with Gasteiger partial charge in [0.05, 0.1) is 4.90 Å². The molecule has 1 N–H and O–H groups in total. The van der Waals surface area contributed by atoms with E-state index in [1.807, 2.05) is 48.5 Å². The third-order valence-electron chi connectivity index (χ3n) is 8.50. The van der Waals surface area contributed by atoms with E-state index in [0.717, 1.165) is 34.4 Å². The lowest BCUT2D eigenvalue weighted by molar-refractivity contribution is -0.274. The molecule has 1 aliphatic carbocycles. The summed E-state index contributed by atoms with van der Waals surface area (Å²) < 4.78 is 77.5. The van der Waals surface area contributed by atoms with Gasteiger partial charge in [-0.15, -0.1) is 13.2 Å². The number of amides is 1. The van der Waals surface area contributed by atoms with Crippen LogP contribution in [0.1, 0.15) is 29.9 Å². The smallest absolute Gasteiger partial charge is 0.480 e. The minimum atomic E-state index is -4.84. The Bertz CT molecular complexity index is 1860. The number of fused-ring (bicyclic) bond motifs is 3. The average Bonchev–Trinajstić information content (AvgIpc) is 3.37. The highest BCUT2D eigenvalue weighted by Gasteiger charge is 2.54. The fourth-order valence-corrected chi connectivity index (χ4v) is 7.99. The molecule has 13 heteroatoms. The highest BCUT2D eigenvalue weighted by molar-refractivity contribution is 7.93. The molecular formula is C34H28F3NO8S. The number of hydrogen-bond donors (Lipinski definition) is 1. The summed E-state index contributed by atoms with van der Waals surface area (Å²) in [4.78, 5) is 26.7. The van der Waals surface area contributed by atoms with Gasteiger partial charge in [0, 0.05) is 19.0 Å². The van der Waals surface area contributed by atoms with Gasteiger partial charge in [-0.3, -0.25) is 4.79 Å². The molecule has 0 aromatic heterocycles. The zero-order valence-electron chi connectivity index (χ0n) is 24.6. The number of carboxylic acid groups (broad SMARTS) is 1. The zero-order valence-corrected chi connectivity index (χ0v) is 25.5. The minimum absolute atomic E-state index is 0.0750. The van der Waals surface area contributed by atoms with E-state index in [9.17, 15) is 36.3 Å². The number of sulfone groups is 1. The second-order valence-corrected chi connectivity index (χ2v) is 13.4. The number of likely N-dealkylation sites (tertiary alicyclic amines) is 1. The summed E-state index contributed by atoms with van der Waals surface area (Å²) in [7, 11) is -4.43. The lowest BCUT2D eigenvalue weighted by Crippen LogP contribution is -2.55. The summed E-state index contributed by atoms with van der Waals surface area (Å²) in [5, 5.41) is 10.2. The van der Waals surface area contributed by atoms with E-state index < -0.39 is 38.8 Å². The first-order valence-corrected chi connectivity index (χ1v) is 16.1. The standard InChI is InChI=1S/C34H28F3NO8S/c35-34(36,37)46-24-11-9-22(10-12-24)45-23-13-15-25(16-14-23)47(42,43)33(31(39)40)17-19-38(20-18-33)32(41)44-21-30-28-7-3-1-5-26(28)27-6-2-4-8-29(27)30/h1-16,30H,17-21H2,(H,39,40). The van der Waals surface area contributed by atoms with Crippen molar-refractivity contribution in [1.82, 2.24) is 4.90 Å². The van der Waals surface area contributed by atoms with E-state index in [-0.39, 0.29) is 54.9 Å². The number of carbonyl (C=O) groups excluding carboxylic acids is 1. The lowest BCUT2D eigenvalue weighted by Gasteiger charge is -2.37. The quantitative estimate of drug-likeness (QED) is 0.213. The third kappa shape index (κ3) is 6.22. The maximum absolute atomic E-state index is 13.7. The topological polar surface area (TPSA) is 119 Å². The molecule has 6 rings (SSSR count). The molecule has 1 heterocycles. The van der Waals surface area contributed by atoms with Crippen LogP contribution in [-0.2, 0) is 19.4 Å². The largest absolute Gasteiger partial charge is 0.573 e. The van der Waals surface area contributed by atoms with Gasteiger partial charge < -0.3 is 24.2 Å². The molecule has 47 heavy (non-hydrogen) atoms. The van der Waals surface area contributed by atoms with Gasteiger partial charge in [0.1, 0.15) is 23.9 Å². The molecule has 0 unspecified atom stereocenters. The maximum atomic E-state index is 13.7. The second-order valence-electron chi connectivity index (χ2n) is 11.2. The van der Waals surface area contributed by atoms with E-state index in [2.05, 4.69) is 4.74 Å². The summed E-state index contributed by atoms with van der Waals surface area (Å²) in [6.45, 7) is -0.208. The summed E-state index contributed by atoms with van der Waals surface area (Å²) in [6.07, 6.45) is -6.19. The Kier molecular flexibility index (Phi) is 8.35. The first-order valence-electron chi connectivity index (χ1n) is 14.6. The maximum Gasteiger partial charge on any atom is 0.573 e. The number of rotatable bonds is 8. The van der Waals surface area contributed by atoms with E-state index >= 15 is 0 Å². The van der Waals surface area contributed by atoms with Crippen LogP contribution in [0.4, 0.5) is 18.0 Å². The number of carboxylic acids is 1. The molecule has 2 aliphatic rings. The Morgan fingerprint density at radius 3 is 1.79 bits per heavy atom. The van der Waals surface area contributed by atoms with Crippen LogP contribution in [0.25, 0.3) is 11.1 Å². The van der Waals surface area contributed by atoms with Crippen molar-refractivity contribution in [2.24, 2.45) is 0 Å². The fourth-order valence-electron chi connectivity index (χ4n) is 6.09. The van der Waals surface area contributed by atoms with Gasteiger partial charge in [0.15, 0.2) is 14.6 Å². The van der Waals surface area contributed by atoms with Crippen LogP contribution in [0.3, 0.4) is 0 Å². The molecule has 1 aliphatic heterocycles. The third-order valence-corrected chi connectivity index (χ3v) is 11.0. The SMILES string of the molecule is O=C(OCC1c2ccccc2-c2ccccc21)N1CCC(C(=O)O)(S(=O)(=O)c2ccc(Oc3ccc(OC(F)(F)F)cc3)cc2)CC1. The van der Waals surface area contributed by atoms with E-state index in [1.165, 1.54) is 41.3 Å². The molecule has 0 bridgehead atoms. The predicted octanol–water partition coefficient (Wildman–Crippen LogP) is 7.02. The van der Waals surface area contributed by atoms with Crippen LogP contribution in [-0.4, -0.2) is 61.3 Å². The molecule has 244 valence electrons. The molecule has 1 amide bonds. The van der Waals surface area contributed by atoms with Gasteiger partial charge in [-0.25, -0.2) is 13.2 Å². The predicted molar refractivity (Wildman–Crippen MR) is 163 cm³/mol. The van der Waals surface area contributed by atoms with Crippen molar-refractivity contribution in [3.63, 3.8) is 0 Å². The van der Waals surface area contributed by atoms with Gasteiger partial charge in [0.25, 0.3) is 0 Å². The van der Waals surface area contributed by atoms with Crippen LogP contribution in [0, 0.1) is 0 Å². The number of ether oxygens (including phenoxy) is 3. The molecule has 0 atom stereocenters. The van der Waals surface area contributed by atoms with Crippen LogP contribution < -0.4 is 9.47 Å². The Balaban J connectivity index is 1.10. The van der Waals surface area contributed by atoms with Crippen LogP contribution in [0.2, 0.25) is 0 Å². The summed E-state index contributed by atoms with van der Waals surface area (Å²) in [5.74, 6) is -1.79. The van der Waals surface area contributed by atoms with Crippen LogP contribution in [0.15, 0.2) is 102 Å². The van der Waals surface area contributed by atoms with Gasteiger partial charge in [-0.1, -0.05) is 48.5 Å². The summed E-state index contributed by atoms with van der Waals surface area (Å²) >= 11 is 0. The molecule has 0 spiro atoms. The molecule has 4 aromatic carbocycles. The van der Waals surface area contributed by atoms with Gasteiger partial charge in [-0.2, -0.15) is 0 Å². The normalized spacial score (nSPS) is 15.8. The second kappa shape index (κ2) is 12.3. The number of aliphatic carboxylic acids is 1. The monoisotopic (exact) mass is 667 g/mol. The first-order chi connectivity index (χ1) is 22.4. The fraction of sp³-hybridized carbons (Fsp3) is 0.235. The van der Waals surface area contributed by atoms with Crippen molar-refractivity contribution in [3.05, 3.63) is 108 Å². The Hall–Kier alpha value is -5.04. The van der Waals surface area contributed by atoms with E-state index in [4.69, 9.17) is 9.47 Å². The number of benzene rings is 4. The summed E-state index contributed by atoms with van der Waals surface area (Å²) in [6, 6.07) is 25.4. The Morgan fingerprint density at radius 2 is 1.28 bits per heavy atom. The Labute approximate surface area is 268 Å². The van der Waals surface area contributed by atoms with Crippen molar-refractivity contribution in [2.45, 2.75) is 34.8 Å². The molecule has 1 saturated heterocycles. The van der Waals surface area contributed by atoms with E-state index in [0.29, 0.717) is 0 Å². The van der Waals surface area contributed by atoms with Gasteiger partial charge >= 0.3 is 18.4 Å². The molecule has 1 fully saturated rings. The summed E-state index contributed by atoms with van der Waals surface area (Å²) in [5.41, 5.74) is 4.24. The van der Waals surface area contributed by atoms with Crippen molar-refractivity contribution >= 4 is 21.9 Å². The van der Waals surface area contributed by atoms with Gasteiger partial charge in [-0.05, 0) is 83.6 Å². The number of piperidine rings is 1. The molecule has 0 radical (unpaired) electrons. The van der Waals surface area contributed by atoms with E-state index in [1.54, 1.807) is 0 Å². The number of hydrogen-bond acceptors (Lipinski definition) is 7. The molecular weight excluding hydrogens is 639 g/mol. The highest BCUT2D eigenvalue weighted by Crippen LogP contribution is 2.45. The van der Waals surface area contributed by atoms with Crippen molar-refractivity contribution in [3.8, 4) is 28.4 Å². The van der Waals surface area contributed by atoms with Crippen molar-refractivity contribution < 1.29 is 50.5 Å². The average molecular weight is 668 g/mol. The molecule has 4 aromatic rings. The number of halogens is 3. The van der Waals surface area contributed by atoms with Crippen LogP contribution >= 0.6 is 0 Å². The lowest BCUT2D eigenvalue weighted by atomic mass is 9.96. The number of nitrogens with zero attached hydrogens (tertiary/aromatic N) is 1. The molecule has 0 saturated carbocycles.